The van der Waals surface area contributed by atoms with Crippen LogP contribution in [0.4, 0.5) is 5.82 Å². The third-order valence-electron chi connectivity index (χ3n) is 4.06. The van der Waals surface area contributed by atoms with Crippen LogP contribution in [-0.4, -0.2) is 49.0 Å². The van der Waals surface area contributed by atoms with Crippen LogP contribution in [0.25, 0.3) is 0 Å². The fourth-order valence-corrected chi connectivity index (χ4v) is 2.66. The number of ether oxygens (including phenoxy) is 1. The van der Waals surface area contributed by atoms with Crippen LogP contribution in [0.15, 0.2) is 12.3 Å². The first-order valence-electron chi connectivity index (χ1n) is 7.64. The summed E-state index contributed by atoms with van der Waals surface area (Å²) in [5, 5.41) is 13.4. The Bertz CT molecular complexity index is 453. The number of pyridine rings is 1. The Kier molecular flexibility index (Phi) is 5.56. The van der Waals surface area contributed by atoms with Crippen LogP contribution in [0.1, 0.15) is 30.9 Å². The molecule has 1 saturated heterocycles. The first-order chi connectivity index (χ1) is 10.0. The highest BCUT2D eigenvalue weighted by Gasteiger charge is 2.28. The van der Waals surface area contributed by atoms with E-state index in [9.17, 15) is 5.11 Å². The third kappa shape index (κ3) is 4.66. The van der Waals surface area contributed by atoms with Crippen molar-refractivity contribution in [3.05, 3.63) is 23.4 Å². The van der Waals surface area contributed by atoms with Crippen molar-refractivity contribution >= 4 is 5.82 Å². The van der Waals surface area contributed by atoms with Gasteiger partial charge < -0.3 is 20.1 Å². The van der Waals surface area contributed by atoms with Crippen LogP contribution in [0.2, 0.25) is 0 Å². The molecule has 0 unspecified atom stereocenters. The van der Waals surface area contributed by atoms with E-state index in [1.165, 1.54) is 11.1 Å². The Balaban J connectivity index is 1.93. The van der Waals surface area contributed by atoms with Gasteiger partial charge in [0.15, 0.2) is 0 Å². The molecule has 1 aromatic rings. The quantitative estimate of drug-likeness (QED) is 0.778. The summed E-state index contributed by atoms with van der Waals surface area (Å²) in [6.45, 7) is 8.13. The fraction of sp³-hybridized carbons (Fsp3) is 0.688. The average molecular weight is 293 g/mol. The van der Waals surface area contributed by atoms with E-state index >= 15 is 0 Å². The summed E-state index contributed by atoms with van der Waals surface area (Å²) < 4.78 is 5.01. The van der Waals surface area contributed by atoms with E-state index in [-0.39, 0.29) is 0 Å². The molecule has 0 radical (unpaired) electrons. The Morgan fingerprint density at radius 3 is 2.76 bits per heavy atom. The predicted molar refractivity (Wildman–Crippen MR) is 84.6 cm³/mol. The van der Waals surface area contributed by atoms with E-state index in [1.54, 1.807) is 7.11 Å². The van der Waals surface area contributed by atoms with E-state index in [2.05, 4.69) is 28.2 Å². The third-order valence-corrected chi connectivity index (χ3v) is 4.06. The van der Waals surface area contributed by atoms with Crippen LogP contribution in [-0.2, 0) is 11.3 Å². The zero-order valence-electron chi connectivity index (χ0n) is 13.4. The average Bonchev–Trinajstić information content (AvgIpc) is 2.44. The molecule has 2 rings (SSSR count). The Hall–Kier alpha value is -1.17. The van der Waals surface area contributed by atoms with Gasteiger partial charge in [-0.3, -0.25) is 0 Å². The molecular weight excluding hydrogens is 266 g/mol. The molecule has 1 fully saturated rings. The number of piperidine rings is 1. The summed E-state index contributed by atoms with van der Waals surface area (Å²) in [4.78, 5) is 6.89. The number of aliphatic hydroxyl groups is 1. The monoisotopic (exact) mass is 293 g/mol. The number of nitrogens with zero attached hydrogens (tertiary/aromatic N) is 2. The van der Waals surface area contributed by atoms with E-state index in [4.69, 9.17) is 4.74 Å². The van der Waals surface area contributed by atoms with Gasteiger partial charge in [-0.05, 0) is 43.9 Å². The van der Waals surface area contributed by atoms with E-state index in [0.717, 1.165) is 51.4 Å². The van der Waals surface area contributed by atoms with Crippen molar-refractivity contribution in [1.29, 1.82) is 0 Å². The number of anilines is 1. The van der Waals surface area contributed by atoms with Crippen molar-refractivity contribution in [2.75, 3.05) is 38.3 Å². The molecule has 1 aliphatic heterocycles. The highest BCUT2D eigenvalue weighted by atomic mass is 16.5. The van der Waals surface area contributed by atoms with Crippen molar-refractivity contribution in [3.63, 3.8) is 0 Å². The second-order valence-corrected chi connectivity index (χ2v) is 6.14. The van der Waals surface area contributed by atoms with E-state index in [0.29, 0.717) is 0 Å². The second kappa shape index (κ2) is 7.20. The number of aromatic nitrogens is 1. The standard InChI is InChI=1S/C16H27N3O2/c1-13-10-14(11-17-6-9-21-3)12-18-15(13)19-7-4-16(2,20)5-8-19/h10,12,17,20H,4-9,11H2,1-3H3. The summed E-state index contributed by atoms with van der Waals surface area (Å²) in [6.07, 6.45) is 3.54. The summed E-state index contributed by atoms with van der Waals surface area (Å²) in [5.41, 5.74) is 1.87. The van der Waals surface area contributed by atoms with Gasteiger partial charge in [-0.25, -0.2) is 4.98 Å². The highest BCUT2D eigenvalue weighted by Crippen LogP contribution is 2.26. The first-order valence-corrected chi connectivity index (χ1v) is 7.64. The predicted octanol–water partition coefficient (Wildman–Crippen LogP) is 1.48. The SMILES string of the molecule is COCCNCc1cnc(N2CCC(C)(O)CC2)c(C)c1. The van der Waals surface area contributed by atoms with Crippen LogP contribution >= 0.6 is 0 Å². The summed E-state index contributed by atoms with van der Waals surface area (Å²) in [6, 6.07) is 2.19. The molecule has 1 aromatic heterocycles. The van der Waals surface area contributed by atoms with Crippen LogP contribution in [0, 0.1) is 6.92 Å². The molecule has 5 nitrogen and oxygen atoms in total. The lowest BCUT2D eigenvalue weighted by molar-refractivity contribution is 0.0350. The molecule has 1 aliphatic rings. The molecule has 0 saturated carbocycles. The molecule has 21 heavy (non-hydrogen) atoms. The van der Waals surface area contributed by atoms with E-state index < -0.39 is 5.60 Å². The zero-order valence-corrected chi connectivity index (χ0v) is 13.4. The van der Waals surface area contributed by atoms with Crippen molar-refractivity contribution in [2.45, 2.75) is 38.8 Å². The second-order valence-electron chi connectivity index (χ2n) is 6.14. The van der Waals surface area contributed by atoms with Gasteiger partial charge in [0.2, 0.25) is 0 Å². The largest absolute Gasteiger partial charge is 0.390 e. The summed E-state index contributed by atoms with van der Waals surface area (Å²) in [5.74, 6) is 1.05. The number of nitrogens with one attached hydrogen (secondary N) is 1. The highest BCUT2D eigenvalue weighted by molar-refractivity contribution is 5.47. The molecule has 0 aliphatic carbocycles. The molecule has 0 atom stereocenters. The van der Waals surface area contributed by atoms with Crippen molar-refractivity contribution in [1.82, 2.24) is 10.3 Å². The Morgan fingerprint density at radius 2 is 2.14 bits per heavy atom. The van der Waals surface area contributed by atoms with Crippen molar-refractivity contribution in [3.8, 4) is 0 Å². The maximum atomic E-state index is 10.0. The van der Waals surface area contributed by atoms with Gasteiger partial charge in [0, 0.05) is 39.5 Å². The first kappa shape index (κ1) is 16.2. The van der Waals surface area contributed by atoms with Gasteiger partial charge in [-0.1, -0.05) is 0 Å². The number of hydrogen-bond donors (Lipinski definition) is 2. The summed E-state index contributed by atoms with van der Waals surface area (Å²) in [7, 11) is 1.71. The molecule has 0 bridgehead atoms. The summed E-state index contributed by atoms with van der Waals surface area (Å²) >= 11 is 0. The molecule has 118 valence electrons. The van der Waals surface area contributed by atoms with Crippen LogP contribution in [0.3, 0.4) is 0 Å². The lowest BCUT2D eigenvalue weighted by atomic mass is 9.93. The van der Waals surface area contributed by atoms with E-state index in [1.807, 2.05) is 13.1 Å². The number of methoxy groups -OCH3 is 1. The van der Waals surface area contributed by atoms with Crippen LogP contribution in [0.5, 0.6) is 0 Å². The minimum absolute atomic E-state index is 0.518. The minimum Gasteiger partial charge on any atom is -0.390 e. The maximum Gasteiger partial charge on any atom is 0.131 e. The molecule has 0 amide bonds. The molecule has 0 spiro atoms. The number of rotatable bonds is 6. The normalized spacial score (nSPS) is 18.0. The molecule has 0 aromatic carbocycles. The van der Waals surface area contributed by atoms with Crippen molar-refractivity contribution < 1.29 is 9.84 Å². The van der Waals surface area contributed by atoms with Gasteiger partial charge in [0.05, 0.1) is 12.2 Å². The molecule has 2 N–H and O–H groups in total. The Morgan fingerprint density at radius 1 is 1.43 bits per heavy atom. The topological polar surface area (TPSA) is 57.6 Å². The van der Waals surface area contributed by atoms with Gasteiger partial charge in [-0.2, -0.15) is 0 Å². The molecule has 2 heterocycles. The zero-order chi connectivity index (χ0) is 15.3. The Labute approximate surface area is 127 Å². The molecule has 5 heteroatoms. The van der Waals surface area contributed by atoms with Crippen LogP contribution < -0.4 is 10.2 Å². The number of hydrogen-bond acceptors (Lipinski definition) is 5. The maximum absolute atomic E-state index is 10.0. The van der Waals surface area contributed by atoms with Gasteiger partial charge in [0.1, 0.15) is 5.82 Å². The minimum atomic E-state index is -0.518. The lowest BCUT2D eigenvalue weighted by Gasteiger charge is -2.37. The van der Waals surface area contributed by atoms with Crippen molar-refractivity contribution in [2.24, 2.45) is 0 Å². The smallest absolute Gasteiger partial charge is 0.131 e. The number of aryl methyl sites for hydroxylation is 1. The fourth-order valence-electron chi connectivity index (χ4n) is 2.66. The van der Waals surface area contributed by atoms with Gasteiger partial charge in [0.25, 0.3) is 0 Å². The lowest BCUT2D eigenvalue weighted by Crippen LogP contribution is -2.43. The van der Waals surface area contributed by atoms with Gasteiger partial charge in [-0.15, -0.1) is 0 Å². The molecular formula is C16H27N3O2. The van der Waals surface area contributed by atoms with Gasteiger partial charge >= 0.3 is 0 Å².